The van der Waals surface area contributed by atoms with Gasteiger partial charge in [0.05, 0.1) is 6.26 Å². The van der Waals surface area contributed by atoms with Crippen LogP contribution in [0.5, 0.6) is 0 Å². The fourth-order valence-corrected chi connectivity index (χ4v) is 2.34. The maximum absolute atomic E-state index is 5.34. The minimum Gasteiger partial charge on any atom is -0.469 e. The van der Waals surface area contributed by atoms with Gasteiger partial charge in [-0.05, 0) is 48.3 Å². The summed E-state index contributed by atoms with van der Waals surface area (Å²) in [6.07, 6.45) is 5.14. The Morgan fingerprint density at radius 1 is 1.35 bits per heavy atom. The van der Waals surface area contributed by atoms with Crippen molar-refractivity contribution >= 4 is 27.6 Å². The summed E-state index contributed by atoms with van der Waals surface area (Å²) >= 11 is 3.53. The lowest BCUT2D eigenvalue weighted by atomic mass is 10.1. The fraction of sp³-hybridized carbons (Fsp3) is 0.429. The summed E-state index contributed by atoms with van der Waals surface area (Å²) in [5.41, 5.74) is 0. The molecule has 2 N–H and O–H groups in total. The zero-order chi connectivity index (χ0) is 14.4. The number of hydrogen-bond acceptors (Lipinski definition) is 5. The minimum atomic E-state index is 0.292. The Balaban J connectivity index is 1.93. The molecule has 20 heavy (non-hydrogen) atoms. The van der Waals surface area contributed by atoms with Crippen LogP contribution in [-0.2, 0) is 6.42 Å². The number of anilines is 2. The molecule has 2 heterocycles. The van der Waals surface area contributed by atoms with Gasteiger partial charge in [0.15, 0.2) is 0 Å². The van der Waals surface area contributed by atoms with Crippen molar-refractivity contribution in [3.63, 3.8) is 0 Å². The molecule has 0 saturated carbocycles. The summed E-state index contributed by atoms with van der Waals surface area (Å²) in [5.74, 6) is 2.62. The Bertz CT molecular complexity index is 530. The highest BCUT2D eigenvalue weighted by molar-refractivity contribution is 9.10. The number of halogens is 1. The molecule has 2 aromatic heterocycles. The van der Waals surface area contributed by atoms with E-state index in [4.69, 9.17) is 4.42 Å². The van der Waals surface area contributed by atoms with Gasteiger partial charge in [-0.2, -0.15) is 0 Å². The van der Waals surface area contributed by atoms with Gasteiger partial charge in [0.2, 0.25) is 0 Å². The zero-order valence-corrected chi connectivity index (χ0v) is 13.3. The first-order valence-corrected chi connectivity index (χ1v) is 7.53. The van der Waals surface area contributed by atoms with Crippen molar-refractivity contribution in [1.29, 1.82) is 0 Å². The summed E-state index contributed by atoms with van der Waals surface area (Å²) in [7, 11) is 0. The van der Waals surface area contributed by atoms with E-state index in [-0.39, 0.29) is 0 Å². The second-order valence-corrected chi connectivity index (χ2v) is 5.37. The van der Waals surface area contributed by atoms with E-state index in [2.05, 4.69) is 43.5 Å². The molecule has 0 spiro atoms. The van der Waals surface area contributed by atoms with Crippen LogP contribution in [-0.4, -0.2) is 22.6 Å². The van der Waals surface area contributed by atoms with Crippen molar-refractivity contribution in [2.24, 2.45) is 0 Å². The van der Waals surface area contributed by atoms with Crippen LogP contribution in [0.1, 0.15) is 26.0 Å². The predicted molar refractivity (Wildman–Crippen MR) is 84.0 cm³/mol. The van der Waals surface area contributed by atoms with Crippen molar-refractivity contribution < 1.29 is 4.42 Å². The Morgan fingerprint density at radius 2 is 2.15 bits per heavy atom. The van der Waals surface area contributed by atoms with Gasteiger partial charge >= 0.3 is 0 Å². The van der Waals surface area contributed by atoms with Crippen LogP contribution < -0.4 is 10.6 Å². The van der Waals surface area contributed by atoms with E-state index in [1.807, 2.05) is 19.1 Å². The number of rotatable bonds is 7. The summed E-state index contributed by atoms with van der Waals surface area (Å²) in [6, 6.07) is 4.20. The van der Waals surface area contributed by atoms with Gasteiger partial charge in [-0.15, -0.1) is 0 Å². The molecule has 0 amide bonds. The molecule has 2 aromatic rings. The minimum absolute atomic E-state index is 0.292. The number of aromatic nitrogens is 2. The lowest BCUT2D eigenvalue weighted by Gasteiger charge is -2.16. The van der Waals surface area contributed by atoms with Gasteiger partial charge in [0, 0.05) is 19.0 Å². The average Bonchev–Trinajstić information content (AvgIpc) is 2.94. The van der Waals surface area contributed by atoms with Gasteiger partial charge in [-0.25, -0.2) is 9.97 Å². The van der Waals surface area contributed by atoms with Gasteiger partial charge in [-0.3, -0.25) is 0 Å². The van der Waals surface area contributed by atoms with E-state index in [1.165, 1.54) is 0 Å². The maximum Gasteiger partial charge on any atom is 0.146 e. The molecule has 1 unspecified atom stereocenters. The molecule has 0 aliphatic rings. The molecule has 108 valence electrons. The lowest BCUT2D eigenvalue weighted by Crippen LogP contribution is -2.17. The molecule has 0 saturated heterocycles. The molecular weight excluding hydrogens is 320 g/mol. The van der Waals surface area contributed by atoms with Crippen LogP contribution in [0.15, 0.2) is 33.6 Å². The van der Waals surface area contributed by atoms with Crippen LogP contribution in [0.3, 0.4) is 0 Å². The second kappa shape index (κ2) is 7.28. The second-order valence-electron chi connectivity index (χ2n) is 4.58. The van der Waals surface area contributed by atoms with Crippen molar-refractivity contribution in [1.82, 2.24) is 9.97 Å². The summed E-state index contributed by atoms with van der Waals surface area (Å²) < 4.78 is 6.20. The maximum atomic E-state index is 5.34. The van der Waals surface area contributed by atoms with Crippen LogP contribution in [0.4, 0.5) is 11.6 Å². The molecule has 0 fully saturated rings. The van der Waals surface area contributed by atoms with Crippen LogP contribution in [0, 0.1) is 0 Å². The highest BCUT2D eigenvalue weighted by Crippen LogP contribution is 2.27. The summed E-state index contributed by atoms with van der Waals surface area (Å²) in [5, 5.41) is 6.58. The third kappa shape index (κ3) is 3.96. The van der Waals surface area contributed by atoms with E-state index in [1.54, 1.807) is 12.6 Å². The standard InChI is InChI=1S/C14H19BrN4O/c1-3-16-13-12(15)14(18-9-17-13)19-10(2)6-7-11-5-4-8-20-11/h4-5,8-10H,3,6-7H2,1-2H3,(H2,16,17,18,19). The molecule has 0 aromatic carbocycles. The van der Waals surface area contributed by atoms with E-state index in [9.17, 15) is 0 Å². The molecule has 2 rings (SSSR count). The monoisotopic (exact) mass is 338 g/mol. The molecule has 0 bridgehead atoms. The smallest absolute Gasteiger partial charge is 0.146 e. The SMILES string of the molecule is CCNc1ncnc(NC(C)CCc2ccco2)c1Br. The molecule has 6 heteroatoms. The zero-order valence-electron chi connectivity index (χ0n) is 11.7. The number of furan rings is 1. The quantitative estimate of drug-likeness (QED) is 0.805. The number of hydrogen-bond donors (Lipinski definition) is 2. The third-order valence-corrected chi connectivity index (χ3v) is 3.67. The van der Waals surface area contributed by atoms with Crippen LogP contribution in [0.25, 0.3) is 0 Å². The molecule has 0 radical (unpaired) electrons. The number of aryl methyl sites for hydroxylation is 1. The highest BCUT2D eigenvalue weighted by atomic mass is 79.9. The first-order valence-electron chi connectivity index (χ1n) is 6.74. The molecule has 0 aliphatic carbocycles. The largest absolute Gasteiger partial charge is 0.469 e. The number of nitrogens with zero attached hydrogens (tertiary/aromatic N) is 2. The van der Waals surface area contributed by atoms with Gasteiger partial charge in [-0.1, -0.05) is 0 Å². The number of nitrogens with one attached hydrogen (secondary N) is 2. The Labute approximate surface area is 127 Å². The Hall–Kier alpha value is -1.56. The topological polar surface area (TPSA) is 63.0 Å². The van der Waals surface area contributed by atoms with E-state index < -0.39 is 0 Å². The first kappa shape index (κ1) is 14.8. The lowest BCUT2D eigenvalue weighted by molar-refractivity contribution is 0.495. The van der Waals surface area contributed by atoms with Gasteiger partial charge < -0.3 is 15.1 Å². The van der Waals surface area contributed by atoms with Crippen molar-refractivity contribution in [3.05, 3.63) is 35.0 Å². The highest BCUT2D eigenvalue weighted by Gasteiger charge is 2.11. The van der Waals surface area contributed by atoms with Crippen molar-refractivity contribution in [2.75, 3.05) is 17.2 Å². The van der Waals surface area contributed by atoms with E-state index in [0.29, 0.717) is 6.04 Å². The summed E-state index contributed by atoms with van der Waals surface area (Å²) in [6.45, 7) is 4.99. The Kier molecular flexibility index (Phi) is 5.40. The van der Waals surface area contributed by atoms with Gasteiger partial charge in [0.1, 0.15) is 28.2 Å². The average molecular weight is 339 g/mol. The normalized spacial score (nSPS) is 12.2. The van der Waals surface area contributed by atoms with E-state index in [0.717, 1.165) is 41.3 Å². The fourth-order valence-electron chi connectivity index (χ4n) is 1.88. The summed E-state index contributed by atoms with van der Waals surface area (Å²) in [4.78, 5) is 8.47. The first-order chi connectivity index (χ1) is 9.70. The van der Waals surface area contributed by atoms with Gasteiger partial charge in [0.25, 0.3) is 0 Å². The van der Waals surface area contributed by atoms with Crippen molar-refractivity contribution in [2.45, 2.75) is 32.7 Å². The third-order valence-electron chi connectivity index (χ3n) is 2.92. The molecule has 0 aliphatic heterocycles. The predicted octanol–water partition coefficient (Wildman–Crippen LogP) is 3.70. The van der Waals surface area contributed by atoms with Crippen LogP contribution >= 0.6 is 15.9 Å². The van der Waals surface area contributed by atoms with E-state index >= 15 is 0 Å². The van der Waals surface area contributed by atoms with Crippen molar-refractivity contribution in [3.8, 4) is 0 Å². The molecular formula is C14H19BrN4O. The molecule has 1 atom stereocenters. The Morgan fingerprint density at radius 3 is 2.85 bits per heavy atom. The molecule has 5 nitrogen and oxygen atoms in total. The van der Waals surface area contributed by atoms with Crippen LogP contribution in [0.2, 0.25) is 0 Å².